The molecule has 3 rings (SSSR count). The van der Waals surface area contributed by atoms with Crippen LogP contribution in [0.25, 0.3) is 0 Å². The molecule has 0 spiro atoms. The van der Waals surface area contributed by atoms with Crippen LogP contribution in [0.15, 0.2) is 24.3 Å². The molecule has 3 N–H and O–H groups in total. The summed E-state index contributed by atoms with van der Waals surface area (Å²) in [7, 11) is 0. The van der Waals surface area contributed by atoms with Gasteiger partial charge in [0.05, 0.1) is 6.17 Å². The summed E-state index contributed by atoms with van der Waals surface area (Å²) in [5.74, 6) is 0.426. The van der Waals surface area contributed by atoms with E-state index in [1.54, 1.807) is 0 Å². The normalized spacial score (nSPS) is 28.0. The maximum atomic E-state index is 13.0. The molecule has 24 heavy (non-hydrogen) atoms. The fraction of sp³-hybridized carbons (Fsp3) is 0.611. The third-order valence-electron chi connectivity index (χ3n) is 4.99. The molecule has 2 saturated heterocycles. The van der Waals surface area contributed by atoms with Crippen LogP contribution in [-0.2, 0) is 11.2 Å². The van der Waals surface area contributed by atoms with Gasteiger partial charge in [-0.1, -0.05) is 19.1 Å². The van der Waals surface area contributed by atoms with Crippen molar-refractivity contribution >= 4 is 5.91 Å². The van der Waals surface area contributed by atoms with Gasteiger partial charge < -0.3 is 5.32 Å². The third-order valence-corrected chi connectivity index (χ3v) is 4.99. The Labute approximate surface area is 143 Å². The Balaban J connectivity index is 1.40. The summed E-state index contributed by atoms with van der Waals surface area (Å²) in [4.78, 5) is 12.3. The first kappa shape index (κ1) is 17.3. The molecule has 3 unspecified atom stereocenters. The van der Waals surface area contributed by atoms with Crippen LogP contribution in [0.3, 0.4) is 0 Å². The van der Waals surface area contributed by atoms with Crippen molar-refractivity contribution in [2.75, 3.05) is 19.6 Å². The van der Waals surface area contributed by atoms with E-state index in [0.29, 0.717) is 5.92 Å². The number of hydrogen-bond donors (Lipinski definition) is 3. The fourth-order valence-corrected chi connectivity index (χ4v) is 3.51. The number of nitrogens with zero attached hydrogens (tertiary/aromatic N) is 1. The van der Waals surface area contributed by atoms with Gasteiger partial charge in [-0.25, -0.2) is 14.8 Å². The average Bonchev–Trinajstić information content (AvgIpc) is 3.08. The first-order valence-corrected chi connectivity index (χ1v) is 8.93. The molecule has 0 radical (unpaired) electrons. The molecule has 5 nitrogen and oxygen atoms in total. The van der Waals surface area contributed by atoms with Gasteiger partial charge in [0.2, 0.25) is 5.91 Å². The van der Waals surface area contributed by atoms with E-state index in [4.69, 9.17) is 0 Å². The van der Waals surface area contributed by atoms with E-state index in [-0.39, 0.29) is 23.9 Å². The van der Waals surface area contributed by atoms with Crippen LogP contribution in [0.5, 0.6) is 0 Å². The van der Waals surface area contributed by atoms with Crippen LogP contribution in [-0.4, -0.2) is 42.8 Å². The standard InChI is InChI=1S/C18H27FN4O/c1-2-23-10-9-16(22-23)18(24)21-17-8-5-14(12-20-17)11-13-3-6-15(19)7-4-13/h3-4,6-7,14,16-17,20,22H,2,5,8-12H2,1H3,(H,21,24). The molecule has 2 aliphatic rings. The van der Waals surface area contributed by atoms with Crippen LogP contribution >= 0.6 is 0 Å². The zero-order chi connectivity index (χ0) is 16.9. The predicted octanol–water partition coefficient (Wildman–Crippen LogP) is 1.41. The smallest absolute Gasteiger partial charge is 0.239 e. The highest BCUT2D eigenvalue weighted by Crippen LogP contribution is 2.19. The lowest BCUT2D eigenvalue weighted by Gasteiger charge is -2.31. The van der Waals surface area contributed by atoms with E-state index < -0.39 is 0 Å². The summed E-state index contributed by atoms with van der Waals surface area (Å²) in [6.07, 6.45) is 3.86. The van der Waals surface area contributed by atoms with Gasteiger partial charge in [-0.05, 0) is 49.3 Å². The van der Waals surface area contributed by atoms with E-state index in [1.165, 1.54) is 17.7 Å². The third kappa shape index (κ3) is 4.53. The molecule has 6 heteroatoms. The summed E-state index contributed by atoms with van der Waals surface area (Å²) < 4.78 is 13.0. The molecular weight excluding hydrogens is 307 g/mol. The van der Waals surface area contributed by atoms with Crippen LogP contribution in [0.2, 0.25) is 0 Å². The number of carbonyl (C=O) groups excluding carboxylic acids is 1. The van der Waals surface area contributed by atoms with Gasteiger partial charge in [0.1, 0.15) is 11.9 Å². The number of benzene rings is 1. The van der Waals surface area contributed by atoms with E-state index in [9.17, 15) is 9.18 Å². The molecule has 1 aromatic carbocycles. The number of halogens is 1. The van der Waals surface area contributed by atoms with Gasteiger partial charge in [-0.15, -0.1) is 0 Å². The second kappa shape index (κ2) is 8.05. The van der Waals surface area contributed by atoms with Crippen LogP contribution < -0.4 is 16.1 Å². The van der Waals surface area contributed by atoms with E-state index in [0.717, 1.165) is 45.3 Å². The second-order valence-electron chi connectivity index (χ2n) is 6.79. The maximum Gasteiger partial charge on any atom is 0.239 e. The minimum atomic E-state index is -0.189. The number of amides is 1. The van der Waals surface area contributed by atoms with Crippen molar-refractivity contribution in [2.24, 2.45) is 5.92 Å². The minimum absolute atomic E-state index is 0.0550. The largest absolute Gasteiger partial charge is 0.339 e. The zero-order valence-electron chi connectivity index (χ0n) is 14.2. The fourth-order valence-electron chi connectivity index (χ4n) is 3.51. The zero-order valence-corrected chi connectivity index (χ0v) is 14.2. The van der Waals surface area contributed by atoms with Crippen molar-refractivity contribution in [1.29, 1.82) is 0 Å². The van der Waals surface area contributed by atoms with Crippen LogP contribution in [0.1, 0.15) is 31.7 Å². The van der Waals surface area contributed by atoms with Gasteiger partial charge in [0.25, 0.3) is 0 Å². The van der Waals surface area contributed by atoms with Gasteiger partial charge >= 0.3 is 0 Å². The first-order chi connectivity index (χ1) is 11.6. The SMILES string of the molecule is CCN1CCC(C(=O)NC2CCC(Cc3ccc(F)cc3)CN2)N1. The lowest BCUT2D eigenvalue weighted by Crippen LogP contribution is -2.54. The van der Waals surface area contributed by atoms with Crippen molar-refractivity contribution in [3.05, 3.63) is 35.6 Å². The molecule has 3 atom stereocenters. The van der Waals surface area contributed by atoms with Crippen molar-refractivity contribution in [2.45, 2.75) is 44.8 Å². The van der Waals surface area contributed by atoms with Gasteiger partial charge in [0, 0.05) is 19.6 Å². The Kier molecular flexibility index (Phi) is 5.81. The molecule has 1 aromatic rings. The Morgan fingerprint density at radius 3 is 2.71 bits per heavy atom. The lowest BCUT2D eigenvalue weighted by atomic mass is 9.91. The second-order valence-corrected chi connectivity index (χ2v) is 6.79. The Morgan fingerprint density at radius 1 is 1.29 bits per heavy atom. The summed E-state index contributed by atoms with van der Waals surface area (Å²) >= 11 is 0. The van der Waals surface area contributed by atoms with Crippen molar-refractivity contribution in [3.8, 4) is 0 Å². The van der Waals surface area contributed by atoms with Crippen molar-refractivity contribution < 1.29 is 9.18 Å². The van der Waals surface area contributed by atoms with Crippen molar-refractivity contribution in [1.82, 2.24) is 21.1 Å². The Hall–Kier alpha value is -1.50. The van der Waals surface area contributed by atoms with Gasteiger partial charge in [-0.2, -0.15) is 0 Å². The van der Waals surface area contributed by atoms with Crippen LogP contribution in [0.4, 0.5) is 4.39 Å². The molecule has 2 heterocycles. The molecule has 0 saturated carbocycles. The predicted molar refractivity (Wildman–Crippen MR) is 91.5 cm³/mol. The number of hydrogen-bond acceptors (Lipinski definition) is 4. The molecule has 0 aliphatic carbocycles. The quantitative estimate of drug-likeness (QED) is 0.762. The minimum Gasteiger partial charge on any atom is -0.339 e. The summed E-state index contributed by atoms with van der Waals surface area (Å²) in [5, 5.41) is 8.62. The summed E-state index contributed by atoms with van der Waals surface area (Å²) in [6, 6.07) is 6.64. The summed E-state index contributed by atoms with van der Waals surface area (Å²) in [5.41, 5.74) is 4.41. The van der Waals surface area contributed by atoms with E-state index in [1.807, 2.05) is 12.1 Å². The number of carbonyl (C=O) groups is 1. The highest BCUT2D eigenvalue weighted by molar-refractivity contribution is 5.82. The van der Waals surface area contributed by atoms with E-state index >= 15 is 0 Å². The number of piperidine rings is 1. The lowest BCUT2D eigenvalue weighted by molar-refractivity contribution is -0.124. The van der Waals surface area contributed by atoms with Gasteiger partial charge in [-0.3, -0.25) is 10.1 Å². The molecule has 2 aliphatic heterocycles. The van der Waals surface area contributed by atoms with Crippen LogP contribution in [0, 0.1) is 11.7 Å². The Bertz CT molecular complexity index is 542. The monoisotopic (exact) mass is 334 g/mol. The molecule has 1 amide bonds. The molecule has 132 valence electrons. The number of hydrazine groups is 1. The van der Waals surface area contributed by atoms with E-state index in [2.05, 4.69) is 28.0 Å². The van der Waals surface area contributed by atoms with Crippen molar-refractivity contribution in [3.63, 3.8) is 0 Å². The molecule has 2 fully saturated rings. The highest BCUT2D eigenvalue weighted by Gasteiger charge is 2.29. The maximum absolute atomic E-state index is 13.0. The summed E-state index contributed by atoms with van der Waals surface area (Å²) in [6.45, 7) is 4.79. The molecule has 0 aromatic heterocycles. The van der Waals surface area contributed by atoms with Gasteiger partial charge in [0.15, 0.2) is 0 Å². The molecule has 0 bridgehead atoms. The molecular formula is C18H27FN4O. The first-order valence-electron chi connectivity index (χ1n) is 8.93. The Morgan fingerprint density at radius 2 is 2.08 bits per heavy atom. The number of rotatable bonds is 5. The number of nitrogens with one attached hydrogen (secondary N) is 3. The highest BCUT2D eigenvalue weighted by atomic mass is 19.1. The average molecular weight is 334 g/mol. The topological polar surface area (TPSA) is 56.4 Å².